The van der Waals surface area contributed by atoms with Gasteiger partial charge in [-0.3, -0.25) is 4.99 Å². The fraction of sp³-hybridized carbons (Fsp3) is 0.917. The van der Waals surface area contributed by atoms with Crippen LogP contribution >= 0.6 is 0 Å². The Kier molecular flexibility index (Phi) is 3.84. The molecule has 2 saturated carbocycles. The number of aliphatic imine (C=N–C) groups is 1. The molecule has 0 aromatic rings. The molecule has 1 unspecified atom stereocenters. The molecule has 98 valence electrons. The maximum Gasteiger partial charge on any atom is 0.248 e. The van der Waals surface area contributed by atoms with Crippen LogP contribution in [0.3, 0.4) is 0 Å². The SMILES string of the molecule is NC(=NCC1CCCC(F)(F)C1)NC1CCC1. The van der Waals surface area contributed by atoms with Crippen LogP contribution in [0.2, 0.25) is 0 Å². The molecule has 2 aliphatic carbocycles. The van der Waals surface area contributed by atoms with E-state index in [-0.39, 0.29) is 18.8 Å². The van der Waals surface area contributed by atoms with Crippen molar-refractivity contribution in [3.8, 4) is 0 Å². The van der Waals surface area contributed by atoms with Gasteiger partial charge in [0.1, 0.15) is 0 Å². The number of nitrogens with zero attached hydrogens (tertiary/aromatic N) is 1. The average Bonchev–Trinajstić information content (AvgIpc) is 2.19. The second kappa shape index (κ2) is 5.19. The number of hydrogen-bond donors (Lipinski definition) is 2. The molecule has 0 aromatic carbocycles. The van der Waals surface area contributed by atoms with Crippen LogP contribution in [0.15, 0.2) is 4.99 Å². The highest BCUT2D eigenvalue weighted by Gasteiger charge is 2.35. The number of guanidine groups is 1. The number of nitrogens with one attached hydrogen (secondary N) is 1. The van der Waals surface area contributed by atoms with Crippen LogP contribution in [0.25, 0.3) is 0 Å². The highest BCUT2D eigenvalue weighted by Crippen LogP contribution is 2.36. The second-order valence-electron chi connectivity index (χ2n) is 5.32. The van der Waals surface area contributed by atoms with E-state index < -0.39 is 5.92 Å². The maximum absolute atomic E-state index is 13.2. The van der Waals surface area contributed by atoms with Gasteiger partial charge in [0.25, 0.3) is 0 Å². The van der Waals surface area contributed by atoms with Crippen LogP contribution in [0, 0.1) is 5.92 Å². The van der Waals surface area contributed by atoms with Gasteiger partial charge in [0, 0.05) is 25.4 Å². The molecule has 5 heteroatoms. The molecule has 2 rings (SSSR count). The predicted octanol–water partition coefficient (Wildman–Crippen LogP) is 2.27. The minimum absolute atomic E-state index is 0.0134. The zero-order valence-corrected chi connectivity index (χ0v) is 10.1. The van der Waals surface area contributed by atoms with Crippen molar-refractivity contribution in [1.82, 2.24) is 5.32 Å². The van der Waals surface area contributed by atoms with Gasteiger partial charge in [-0.2, -0.15) is 0 Å². The number of hydrogen-bond acceptors (Lipinski definition) is 1. The smallest absolute Gasteiger partial charge is 0.248 e. The first-order chi connectivity index (χ1) is 8.05. The van der Waals surface area contributed by atoms with Gasteiger partial charge < -0.3 is 11.1 Å². The highest BCUT2D eigenvalue weighted by atomic mass is 19.3. The summed E-state index contributed by atoms with van der Waals surface area (Å²) in [6.07, 6.45) is 4.95. The van der Waals surface area contributed by atoms with E-state index in [1.165, 1.54) is 6.42 Å². The molecule has 17 heavy (non-hydrogen) atoms. The summed E-state index contributed by atoms with van der Waals surface area (Å²) in [6, 6.07) is 0.451. The first kappa shape index (κ1) is 12.6. The Labute approximate surface area is 101 Å². The molecule has 0 amide bonds. The van der Waals surface area contributed by atoms with Gasteiger partial charge in [0.15, 0.2) is 5.96 Å². The number of rotatable bonds is 3. The normalized spacial score (nSPS) is 29.8. The lowest BCUT2D eigenvalue weighted by molar-refractivity contribution is -0.0508. The summed E-state index contributed by atoms with van der Waals surface area (Å²) >= 11 is 0. The summed E-state index contributed by atoms with van der Waals surface area (Å²) in [6.45, 7) is 0.432. The summed E-state index contributed by atoms with van der Waals surface area (Å²) in [5.41, 5.74) is 5.72. The second-order valence-corrected chi connectivity index (χ2v) is 5.32. The summed E-state index contributed by atoms with van der Waals surface area (Å²) in [5, 5.41) is 3.12. The van der Waals surface area contributed by atoms with Crippen molar-refractivity contribution in [2.45, 2.75) is 56.9 Å². The lowest BCUT2D eigenvalue weighted by Gasteiger charge is -2.29. The monoisotopic (exact) mass is 245 g/mol. The van der Waals surface area contributed by atoms with E-state index in [1.54, 1.807) is 0 Å². The van der Waals surface area contributed by atoms with Gasteiger partial charge in [-0.25, -0.2) is 8.78 Å². The van der Waals surface area contributed by atoms with Gasteiger partial charge in [-0.15, -0.1) is 0 Å². The standard InChI is InChI=1S/C12H21F2N3/c13-12(14)6-2-3-9(7-12)8-16-11(15)17-10-4-1-5-10/h9-10H,1-8H2,(H3,15,16,17). The molecule has 2 fully saturated rings. The summed E-state index contributed by atoms with van der Waals surface area (Å²) < 4.78 is 26.3. The van der Waals surface area contributed by atoms with Crippen LogP contribution in [0.4, 0.5) is 8.78 Å². The number of halogens is 2. The van der Waals surface area contributed by atoms with Gasteiger partial charge in [-0.05, 0) is 38.0 Å². The molecule has 0 bridgehead atoms. The van der Waals surface area contributed by atoms with Crippen LogP contribution in [0.5, 0.6) is 0 Å². The van der Waals surface area contributed by atoms with E-state index >= 15 is 0 Å². The molecular weight excluding hydrogens is 224 g/mol. The van der Waals surface area contributed by atoms with Crippen molar-refractivity contribution in [2.75, 3.05) is 6.54 Å². The quantitative estimate of drug-likeness (QED) is 0.592. The Morgan fingerprint density at radius 2 is 2.06 bits per heavy atom. The lowest BCUT2D eigenvalue weighted by Crippen LogP contribution is -2.44. The molecule has 0 spiro atoms. The highest BCUT2D eigenvalue weighted by molar-refractivity contribution is 5.78. The topological polar surface area (TPSA) is 50.4 Å². The Balaban J connectivity index is 1.74. The minimum atomic E-state index is -2.49. The van der Waals surface area contributed by atoms with E-state index in [0.717, 1.165) is 19.3 Å². The largest absolute Gasteiger partial charge is 0.370 e. The first-order valence-electron chi connectivity index (χ1n) is 6.49. The first-order valence-corrected chi connectivity index (χ1v) is 6.49. The van der Waals surface area contributed by atoms with Crippen molar-refractivity contribution in [3.63, 3.8) is 0 Å². The molecule has 0 radical (unpaired) electrons. The van der Waals surface area contributed by atoms with Gasteiger partial charge in [-0.1, -0.05) is 0 Å². The fourth-order valence-corrected chi connectivity index (χ4v) is 2.47. The Hall–Kier alpha value is -0.870. The predicted molar refractivity (Wildman–Crippen MR) is 64.2 cm³/mol. The van der Waals surface area contributed by atoms with Gasteiger partial charge >= 0.3 is 0 Å². The van der Waals surface area contributed by atoms with Gasteiger partial charge in [0.05, 0.1) is 0 Å². The van der Waals surface area contributed by atoms with Gasteiger partial charge in [0.2, 0.25) is 5.92 Å². The molecule has 0 saturated heterocycles. The van der Waals surface area contributed by atoms with E-state index in [9.17, 15) is 8.78 Å². The molecular formula is C12H21F2N3. The number of alkyl halides is 2. The van der Waals surface area contributed by atoms with Crippen LogP contribution < -0.4 is 11.1 Å². The maximum atomic E-state index is 13.2. The molecule has 1 atom stereocenters. The summed E-state index contributed by atoms with van der Waals surface area (Å²) in [5.74, 6) is -2.08. The van der Waals surface area contributed by atoms with Crippen LogP contribution in [-0.2, 0) is 0 Å². The molecule has 0 heterocycles. The third kappa shape index (κ3) is 3.82. The molecule has 0 aliphatic heterocycles. The molecule has 3 N–H and O–H groups in total. The van der Waals surface area contributed by atoms with Crippen molar-refractivity contribution in [2.24, 2.45) is 16.6 Å². The van der Waals surface area contributed by atoms with Crippen LogP contribution in [0.1, 0.15) is 44.9 Å². The summed E-state index contributed by atoms with van der Waals surface area (Å²) in [7, 11) is 0. The van der Waals surface area contributed by atoms with E-state index in [0.29, 0.717) is 25.0 Å². The zero-order valence-electron chi connectivity index (χ0n) is 10.1. The van der Waals surface area contributed by atoms with E-state index in [4.69, 9.17) is 5.73 Å². The fourth-order valence-electron chi connectivity index (χ4n) is 2.47. The molecule has 3 nitrogen and oxygen atoms in total. The van der Waals surface area contributed by atoms with E-state index in [1.807, 2.05) is 0 Å². The Morgan fingerprint density at radius 1 is 1.29 bits per heavy atom. The lowest BCUT2D eigenvalue weighted by atomic mass is 9.86. The van der Waals surface area contributed by atoms with Crippen molar-refractivity contribution in [3.05, 3.63) is 0 Å². The molecule has 0 aromatic heterocycles. The van der Waals surface area contributed by atoms with Crippen molar-refractivity contribution >= 4 is 5.96 Å². The summed E-state index contributed by atoms with van der Waals surface area (Å²) in [4.78, 5) is 4.19. The minimum Gasteiger partial charge on any atom is -0.370 e. The van der Waals surface area contributed by atoms with E-state index in [2.05, 4.69) is 10.3 Å². The Morgan fingerprint density at radius 3 is 2.65 bits per heavy atom. The third-order valence-electron chi connectivity index (χ3n) is 3.72. The Bertz CT molecular complexity index is 287. The molecule has 2 aliphatic rings. The van der Waals surface area contributed by atoms with Crippen LogP contribution in [-0.4, -0.2) is 24.5 Å². The average molecular weight is 245 g/mol. The third-order valence-corrected chi connectivity index (χ3v) is 3.72. The number of nitrogens with two attached hydrogens (primary N) is 1. The van der Waals surface area contributed by atoms with Crippen molar-refractivity contribution in [1.29, 1.82) is 0 Å². The zero-order chi connectivity index (χ0) is 12.3. The van der Waals surface area contributed by atoms with Crippen molar-refractivity contribution < 1.29 is 8.78 Å².